The summed E-state index contributed by atoms with van der Waals surface area (Å²) >= 11 is 6.19. The molecular weight excluding hydrogens is 571 g/mol. The number of nitrogens with zero attached hydrogens (tertiary/aromatic N) is 3. The number of anilines is 2. The minimum atomic E-state index is -4.78. The Morgan fingerprint density at radius 1 is 1.19 bits per heavy atom. The highest BCUT2D eigenvalue weighted by atomic mass is 35.5. The molecule has 8 nitrogen and oxygen atoms in total. The smallest absolute Gasteiger partial charge is 0.429 e. The molecule has 224 valence electrons. The first-order valence-corrected chi connectivity index (χ1v) is 14.2. The Labute approximate surface area is 247 Å². The van der Waals surface area contributed by atoms with Gasteiger partial charge in [0.2, 0.25) is 17.9 Å². The molecule has 3 aromatic rings. The summed E-state index contributed by atoms with van der Waals surface area (Å²) in [5, 5.41) is 13.1. The van der Waals surface area contributed by atoms with E-state index in [0.29, 0.717) is 54.3 Å². The first-order valence-electron chi connectivity index (χ1n) is 13.9. The second kappa shape index (κ2) is 11.6. The molecule has 1 aromatic heterocycles. The van der Waals surface area contributed by atoms with Gasteiger partial charge >= 0.3 is 12.1 Å². The number of aryl methyl sites for hydroxylation is 1. The summed E-state index contributed by atoms with van der Waals surface area (Å²) in [4.78, 5) is 21.8. The van der Waals surface area contributed by atoms with Crippen LogP contribution in [0, 0.1) is 12.3 Å². The van der Waals surface area contributed by atoms with Crippen molar-refractivity contribution in [3.05, 3.63) is 64.7 Å². The fourth-order valence-corrected chi connectivity index (χ4v) is 6.46. The quantitative estimate of drug-likeness (QED) is 0.293. The van der Waals surface area contributed by atoms with E-state index in [0.717, 1.165) is 12.0 Å². The van der Waals surface area contributed by atoms with Crippen molar-refractivity contribution in [2.75, 3.05) is 23.7 Å². The molecule has 4 N–H and O–H groups in total. The molecule has 2 saturated heterocycles. The third-order valence-electron chi connectivity index (χ3n) is 8.44. The van der Waals surface area contributed by atoms with E-state index >= 15 is 0 Å². The van der Waals surface area contributed by atoms with Gasteiger partial charge in [-0.25, -0.2) is 0 Å². The number of halogens is 4. The largest absolute Gasteiger partial charge is 0.480 e. The van der Waals surface area contributed by atoms with Gasteiger partial charge in [-0.1, -0.05) is 54.4 Å². The van der Waals surface area contributed by atoms with Gasteiger partial charge in [-0.2, -0.15) is 23.1 Å². The number of alkyl halides is 3. The van der Waals surface area contributed by atoms with Gasteiger partial charge in [0.15, 0.2) is 0 Å². The lowest BCUT2D eigenvalue weighted by Crippen LogP contribution is -2.46. The maximum Gasteiger partial charge on any atom is 0.429 e. The van der Waals surface area contributed by atoms with Crippen LogP contribution < -0.4 is 20.7 Å². The van der Waals surface area contributed by atoms with Crippen LogP contribution in [0.5, 0.6) is 5.88 Å². The Morgan fingerprint density at radius 3 is 2.50 bits per heavy atom. The van der Waals surface area contributed by atoms with Crippen LogP contribution in [0.15, 0.2) is 48.5 Å². The SMILES string of the molecule is CCC1NC(C(=O)O)CC12CCN(c1cc(O[C@H](c3ccc(Cl)cc3-c3ccc(C)cc3)C(F)(F)F)nc(N)n1)CC2. The molecule has 5 rings (SSSR count). The van der Waals surface area contributed by atoms with Crippen molar-refractivity contribution in [1.82, 2.24) is 15.3 Å². The molecule has 1 spiro atoms. The van der Waals surface area contributed by atoms with Gasteiger partial charge in [0.1, 0.15) is 11.9 Å². The summed E-state index contributed by atoms with van der Waals surface area (Å²) in [6.45, 7) is 5.01. The molecule has 0 saturated carbocycles. The minimum absolute atomic E-state index is 0.0738. The number of hydrogen-bond acceptors (Lipinski definition) is 7. The molecule has 2 aromatic carbocycles. The highest BCUT2D eigenvalue weighted by molar-refractivity contribution is 6.30. The number of ether oxygens (including phenoxy) is 1. The standard InChI is InChI=1S/C30H33ClF3N5O3/c1-3-23-29(16-22(36-23)27(40)41)10-12-39(13-11-29)24-15-25(38-28(35)37-24)42-26(30(32,33)34)20-9-8-19(31)14-21(20)18-6-4-17(2)5-7-18/h4-9,14-15,22-23,26,36H,3,10-13,16H2,1-2H3,(H,40,41)(H2,35,37,38)/t22?,23?,26-/m1/s1. The molecule has 2 unspecified atom stereocenters. The molecule has 0 radical (unpaired) electrons. The van der Waals surface area contributed by atoms with Crippen LogP contribution in [0.3, 0.4) is 0 Å². The lowest BCUT2D eigenvalue weighted by atomic mass is 9.71. The molecule has 42 heavy (non-hydrogen) atoms. The number of carboxylic acids is 1. The molecular formula is C30H33ClF3N5O3. The molecule has 0 amide bonds. The van der Waals surface area contributed by atoms with Gasteiger partial charge in [-0.3, -0.25) is 4.79 Å². The average Bonchev–Trinajstić information content (AvgIpc) is 3.30. The summed E-state index contributed by atoms with van der Waals surface area (Å²) in [6, 6.07) is 12.2. The number of piperidine rings is 1. The maximum atomic E-state index is 14.5. The predicted octanol–water partition coefficient (Wildman–Crippen LogP) is 6.18. The van der Waals surface area contributed by atoms with Crippen molar-refractivity contribution < 1.29 is 27.8 Å². The molecule has 3 atom stereocenters. The lowest BCUT2D eigenvalue weighted by Gasteiger charge is -2.43. The Morgan fingerprint density at radius 2 is 1.88 bits per heavy atom. The molecule has 2 aliphatic heterocycles. The normalized spacial score (nSPS) is 21.0. The average molecular weight is 604 g/mol. The highest BCUT2D eigenvalue weighted by Gasteiger charge is 2.50. The number of nitrogen functional groups attached to an aromatic ring is 1. The number of aliphatic carboxylic acids is 1. The first-order chi connectivity index (χ1) is 19.9. The number of carboxylic acid groups (broad SMARTS) is 1. The van der Waals surface area contributed by atoms with Crippen molar-refractivity contribution in [3.63, 3.8) is 0 Å². The number of carbonyl (C=O) groups is 1. The molecule has 2 aliphatic rings. The lowest BCUT2D eigenvalue weighted by molar-refractivity contribution is -0.198. The Bertz CT molecular complexity index is 1450. The van der Waals surface area contributed by atoms with E-state index in [4.69, 9.17) is 22.1 Å². The Balaban J connectivity index is 1.41. The van der Waals surface area contributed by atoms with Gasteiger partial charge in [-0.15, -0.1) is 0 Å². The fourth-order valence-electron chi connectivity index (χ4n) is 6.29. The van der Waals surface area contributed by atoms with Crippen LogP contribution in [0.25, 0.3) is 11.1 Å². The molecule has 0 aliphatic carbocycles. The molecule has 3 heterocycles. The minimum Gasteiger partial charge on any atom is -0.480 e. The second-order valence-corrected chi connectivity index (χ2v) is 11.6. The predicted molar refractivity (Wildman–Crippen MR) is 155 cm³/mol. The third kappa shape index (κ3) is 6.12. The van der Waals surface area contributed by atoms with Crippen LogP contribution in [0.1, 0.15) is 49.8 Å². The van der Waals surface area contributed by atoms with Crippen molar-refractivity contribution in [2.45, 2.75) is 63.9 Å². The van der Waals surface area contributed by atoms with Gasteiger partial charge in [0, 0.05) is 35.8 Å². The third-order valence-corrected chi connectivity index (χ3v) is 8.68. The number of benzene rings is 2. The van der Waals surface area contributed by atoms with Crippen LogP contribution >= 0.6 is 11.6 Å². The fraction of sp³-hybridized carbons (Fsp3) is 0.433. The molecule has 2 fully saturated rings. The first kappa shape index (κ1) is 29.9. The van der Waals surface area contributed by atoms with E-state index in [1.807, 2.05) is 30.9 Å². The van der Waals surface area contributed by atoms with Crippen molar-refractivity contribution in [3.8, 4) is 17.0 Å². The van der Waals surface area contributed by atoms with E-state index < -0.39 is 24.3 Å². The van der Waals surface area contributed by atoms with Crippen molar-refractivity contribution in [1.29, 1.82) is 0 Å². The van der Waals surface area contributed by atoms with Crippen LogP contribution in [0.2, 0.25) is 5.02 Å². The molecule has 12 heteroatoms. The highest BCUT2D eigenvalue weighted by Crippen LogP contribution is 2.46. The van der Waals surface area contributed by atoms with E-state index in [1.165, 1.54) is 24.3 Å². The van der Waals surface area contributed by atoms with Crippen molar-refractivity contribution in [2.24, 2.45) is 5.41 Å². The van der Waals surface area contributed by atoms with Crippen LogP contribution in [0.4, 0.5) is 24.9 Å². The summed E-state index contributed by atoms with van der Waals surface area (Å²) in [5.74, 6) is -1.01. The summed E-state index contributed by atoms with van der Waals surface area (Å²) in [6.07, 6.45) is -4.38. The number of nitrogens with two attached hydrogens (primary N) is 1. The van der Waals surface area contributed by atoms with E-state index in [9.17, 15) is 23.1 Å². The number of aromatic nitrogens is 2. The zero-order valence-corrected chi connectivity index (χ0v) is 24.0. The van der Waals surface area contributed by atoms with Gasteiger partial charge in [0.05, 0.1) is 0 Å². The summed E-state index contributed by atoms with van der Waals surface area (Å²) in [5.41, 5.74) is 7.50. The van der Waals surface area contributed by atoms with E-state index in [-0.39, 0.29) is 28.8 Å². The van der Waals surface area contributed by atoms with E-state index in [1.54, 1.807) is 12.1 Å². The van der Waals surface area contributed by atoms with Gasteiger partial charge in [-0.05, 0) is 61.3 Å². The second-order valence-electron chi connectivity index (χ2n) is 11.1. The van der Waals surface area contributed by atoms with Gasteiger partial charge < -0.3 is 25.8 Å². The summed E-state index contributed by atoms with van der Waals surface area (Å²) in [7, 11) is 0. The van der Waals surface area contributed by atoms with Crippen LogP contribution in [-0.2, 0) is 4.79 Å². The van der Waals surface area contributed by atoms with E-state index in [2.05, 4.69) is 15.3 Å². The monoisotopic (exact) mass is 603 g/mol. The number of hydrogen-bond donors (Lipinski definition) is 3. The van der Waals surface area contributed by atoms with Crippen molar-refractivity contribution >= 4 is 29.3 Å². The maximum absolute atomic E-state index is 14.5. The zero-order chi connectivity index (χ0) is 30.2. The number of nitrogens with one attached hydrogen (secondary N) is 1. The topological polar surface area (TPSA) is 114 Å². The van der Waals surface area contributed by atoms with Gasteiger partial charge in [0.25, 0.3) is 0 Å². The molecule has 0 bridgehead atoms. The Kier molecular flexibility index (Phi) is 8.26. The number of rotatable bonds is 7. The summed E-state index contributed by atoms with van der Waals surface area (Å²) < 4.78 is 49.2. The van der Waals surface area contributed by atoms with Crippen LogP contribution in [-0.4, -0.2) is 52.4 Å². The Hall–Kier alpha value is -3.57. The zero-order valence-electron chi connectivity index (χ0n) is 23.3.